The van der Waals surface area contributed by atoms with Gasteiger partial charge in [-0.15, -0.1) is 0 Å². The first-order chi connectivity index (χ1) is 10.1. The quantitative estimate of drug-likeness (QED) is 0.817. The molecule has 112 valence electrons. The topological polar surface area (TPSA) is 56.0 Å². The molecule has 0 heterocycles. The number of nitriles is 1. The van der Waals surface area contributed by atoms with Crippen LogP contribution in [0, 0.1) is 16.7 Å². The normalized spacial score (nSPS) is 25.9. The lowest BCUT2D eigenvalue weighted by atomic mass is 9.73. The number of nitrogens with one attached hydrogen (secondary N) is 1. The van der Waals surface area contributed by atoms with Crippen LogP contribution in [0.3, 0.4) is 0 Å². The van der Waals surface area contributed by atoms with Crippen LogP contribution in [-0.4, -0.2) is 24.3 Å². The Morgan fingerprint density at radius 2 is 2.14 bits per heavy atom. The van der Waals surface area contributed by atoms with E-state index in [0.29, 0.717) is 5.56 Å². The molecule has 1 aliphatic rings. The van der Waals surface area contributed by atoms with E-state index in [1.807, 2.05) is 30.3 Å². The third kappa shape index (κ3) is 4.42. The summed E-state index contributed by atoms with van der Waals surface area (Å²) in [5.41, 5.74) is 1.80. The fraction of sp³-hybridized carbons (Fsp3) is 0.500. The highest BCUT2D eigenvalue weighted by atomic mass is 16.3. The third-order valence-corrected chi connectivity index (χ3v) is 4.42. The fourth-order valence-electron chi connectivity index (χ4n) is 2.89. The summed E-state index contributed by atoms with van der Waals surface area (Å²) in [7, 11) is 0. The van der Waals surface area contributed by atoms with E-state index >= 15 is 0 Å². The molecule has 2 atom stereocenters. The Kier molecular flexibility index (Phi) is 5.55. The molecular formula is C18H24N2O. The number of rotatable bonds is 5. The van der Waals surface area contributed by atoms with Gasteiger partial charge in [0.1, 0.15) is 0 Å². The maximum Gasteiger partial charge on any atom is 0.0991 e. The molecule has 0 aliphatic heterocycles. The fourth-order valence-corrected chi connectivity index (χ4v) is 2.89. The molecule has 0 radical (unpaired) electrons. The summed E-state index contributed by atoms with van der Waals surface area (Å²) in [5, 5.41) is 22.3. The van der Waals surface area contributed by atoms with E-state index < -0.39 is 0 Å². The van der Waals surface area contributed by atoms with Gasteiger partial charge in [-0.05, 0) is 30.5 Å². The average Bonchev–Trinajstić information content (AvgIpc) is 2.51. The predicted molar refractivity (Wildman–Crippen MR) is 85.6 cm³/mol. The minimum absolute atomic E-state index is 0.0144. The van der Waals surface area contributed by atoms with E-state index in [9.17, 15) is 5.11 Å². The van der Waals surface area contributed by atoms with Crippen LogP contribution in [0.2, 0.25) is 0 Å². The molecule has 1 aromatic rings. The Hall–Kier alpha value is -1.63. The molecule has 1 aliphatic carbocycles. The van der Waals surface area contributed by atoms with Crippen molar-refractivity contribution in [1.82, 2.24) is 5.32 Å². The van der Waals surface area contributed by atoms with Crippen molar-refractivity contribution >= 4 is 6.08 Å². The van der Waals surface area contributed by atoms with Crippen LogP contribution >= 0.6 is 0 Å². The number of aliphatic hydroxyl groups is 1. The van der Waals surface area contributed by atoms with Gasteiger partial charge in [-0.25, -0.2) is 0 Å². The van der Waals surface area contributed by atoms with Crippen LogP contribution in [0.25, 0.3) is 6.08 Å². The van der Waals surface area contributed by atoms with E-state index in [1.165, 1.54) is 6.42 Å². The summed E-state index contributed by atoms with van der Waals surface area (Å²) >= 11 is 0. The van der Waals surface area contributed by atoms with Gasteiger partial charge in [0.2, 0.25) is 0 Å². The summed E-state index contributed by atoms with van der Waals surface area (Å²) in [5.74, 6) is 0. The molecule has 1 aromatic carbocycles. The Morgan fingerprint density at radius 3 is 2.81 bits per heavy atom. The molecule has 0 bridgehead atoms. The van der Waals surface area contributed by atoms with Crippen LogP contribution in [0.15, 0.2) is 30.3 Å². The van der Waals surface area contributed by atoms with E-state index in [0.717, 1.165) is 37.9 Å². The first-order valence-corrected chi connectivity index (χ1v) is 7.69. The van der Waals surface area contributed by atoms with Gasteiger partial charge < -0.3 is 10.4 Å². The SMILES string of the molecule is CC1(CNC/C=C/c2ccc(C#N)cc2)CCCCC1O. The second kappa shape index (κ2) is 7.40. The Morgan fingerprint density at radius 1 is 1.38 bits per heavy atom. The number of aliphatic hydroxyl groups excluding tert-OH is 1. The highest BCUT2D eigenvalue weighted by Crippen LogP contribution is 2.35. The summed E-state index contributed by atoms with van der Waals surface area (Å²) in [6.45, 7) is 3.82. The van der Waals surface area contributed by atoms with Crippen molar-refractivity contribution in [3.05, 3.63) is 41.5 Å². The minimum Gasteiger partial charge on any atom is -0.393 e. The standard InChI is InChI=1S/C18H24N2O/c1-18(11-3-2-6-17(18)21)14-20-12-4-5-15-7-9-16(13-19)10-8-15/h4-5,7-10,17,20-21H,2-3,6,11-12,14H2,1H3/b5-4+. The van der Waals surface area contributed by atoms with Gasteiger partial charge in [-0.2, -0.15) is 5.26 Å². The molecule has 0 saturated heterocycles. The number of hydrogen-bond acceptors (Lipinski definition) is 3. The summed E-state index contributed by atoms with van der Waals surface area (Å²) < 4.78 is 0. The lowest BCUT2D eigenvalue weighted by Gasteiger charge is -2.38. The van der Waals surface area contributed by atoms with Crippen molar-refractivity contribution in [1.29, 1.82) is 5.26 Å². The van der Waals surface area contributed by atoms with Crippen molar-refractivity contribution in [2.75, 3.05) is 13.1 Å². The van der Waals surface area contributed by atoms with Crippen molar-refractivity contribution in [3.8, 4) is 6.07 Å². The van der Waals surface area contributed by atoms with E-state index in [-0.39, 0.29) is 11.5 Å². The first kappa shape index (κ1) is 15.8. The van der Waals surface area contributed by atoms with Crippen LogP contribution in [0.4, 0.5) is 0 Å². The number of hydrogen-bond donors (Lipinski definition) is 2. The van der Waals surface area contributed by atoms with E-state index in [1.54, 1.807) is 0 Å². The Balaban J connectivity index is 1.76. The van der Waals surface area contributed by atoms with Gasteiger partial charge in [-0.1, -0.05) is 44.1 Å². The van der Waals surface area contributed by atoms with Crippen molar-refractivity contribution in [3.63, 3.8) is 0 Å². The lowest BCUT2D eigenvalue weighted by Crippen LogP contribution is -2.43. The summed E-state index contributed by atoms with van der Waals surface area (Å²) in [6, 6.07) is 9.66. The van der Waals surface area contributed by atoms with Gasteiger partial charge in [0.25, 0.3) is 0 Å². The van der Waals surface area contributed by atoms with Gasteiger partial charge in [0, 0.05) is 18.5 Å². The summed E-state index contributed by atoms with van der Waals surface area (Å²) in [6.07, 6.45) is 8.35. The van der Waals surface area contributed by atoms with Crippen LogP contribution in [0.5, 0.6) is 0 Å². The van der Waals surface area contributed by atoms with Crippen LogP contribution in [-0.2, 0) is 0 Å². The lowest BCUT2D eigenvalue weighted by molar-refractivity contribution is 0.00193. The summed E-state index contributed by atoms with van der Waals surface area (Å²) in [4.78, 5) is 0. The zero-order valence-corrected chi connectivity index (χ0v) is 12.7. The molecule has 0 spiro atoms. The van der Waals surface area contributed by atoms with Crippen LogP contribution < -0.4 is 5.32 Å². The molecule has 2 N–H and O–H groups in total. The zero-order valence-electron chi connectivity index (χ0n) is 12.7. The smallest absolute Gasteiger partial charge is 0.0991 e. The van der Waals surface area contributed by atoms with Gasteiger partial charge >= 0.3 is 0 Å². The van der Waals surface area contributed by atoms with Gasteiger partial charge in [0.15, 0.2) is 0 Å². The maximum absolute atomic E-state index is 10.1. The Bertz CT molecular complexity index is 515. The average molecular weight is 284 g/mol. The monoisotopic (exact) mass is 284 g/mol. The molecule has 0 amide bonds. The molecule has 3 nitrogen and oxygen atoms in total. The molecule has 0 aromatic heterocycles. The van der Waals surface area contributed by atoms with Gasteiger partial charge in [0.05, 0.1) is 17.7 Å². The molecular weight excluding hydrogens is 260 g/mol. The molecule has 1 fully saturated rings. The van der Waals surface area contributed by atoms with Crippen LogP contribution in [0.1, 0.15) is 43.7 Å². The van der Waals surface area contributed by atoms with Gasteiger partial charge in [-0.3, -0.25) is 0 Å². The van der Waals surface area contributed by atoms with E-state index in [2.05, 4.69) is 24.4 Å². The zero-order chi connectivity index (χ0) is 15.1. The largest absolute Gasteiger partial charge is 0.393 e. The molecule has 2 rings (SSSR count). The highest BCUT2D eigenvalue weighted by Gasteiger charge is 2.34. The van der Waals surface area contributed by atoms with Crippen molar-refractivity contribution in [2.24, 2.45) is 5.41 Å². The second-order valence-corrected chi connectivity index (χ2v) is 6.18. The van der Waals surface area contributed by atoms with E-state index in [4.69, 9.17) is 5.26 Å². The highest BCUT2D eigenvalue weighted by molar-refractivity contribution is 5.51. The third-order valence-electron chi connectivity index (χ3n) is 4.42. The van der Waals surface area contributed by atoms with Crippen molar-refractivity contribution in [2.45, 2.75) is 38.7 Å². The van der Waals surface area contributed by atoms with Crippen molar-refractivity contribution < 1.29 is 5.11 Å². The number of benzene rings is 1. The maximum atomic E-state index is 10.1. The molecule has 3 heteroatoms. The Labute approximate surface area is 127 Å². The minimum atomic E-state index is -0.179. The first-order valence-electron chi connectivity index (χ1n) is 7.69. The molecule has 1 saturated carbocycles. The predicted octanol–water partition coefficient (Wildman–Crippen LogP) is 3.10. The molecule has 21 heavy (non-hydrogen) atoms. The second-order valence-electron chi connectivity index (χ2n) is 6.18. The molecule has 2 unspecified atom stereocenters. The number of nitrogens with zero attached hydrogens (tertiary/aromatic N) is 1.